The van der Waals surface area contributed by atoms with E-state index in [1.807, 2.05) is 6.92 Å². The predicted molar refractivity (Wildman–Crippen MR) is 83.2 cm³/mol. The molecule has 4 N–H and O–H groups in total. The van der Waals surface area contributed by atoms with E-state index in [0.717, 1.165) is 12.1 Å². The average Bonchev–Trinajstić information content (AvgIpc) is 2.49. The molecule has 0 aliphatic heterocycles. The molecular weight excluding hydrogens is 269 g/mol. The molecule has 0 aliphatic carbocycles. The minimum Gasteiger partial charge on any atom is -0.397 e. The highest BCUT2D eigenvalue weighted by atomic mass is 19.1. The third-order valence-corrected chi connectivity index (χ3v) is 2.97. The summed E-state index contributed by atoms with van der Waals surface area (Å²) in [5.41, 5.74) is 8.33. The number of carbonyl (C=O) groups excluding carboxylic acids is 1. The Bertz CT molecular complexity index is 626. The number of nitrogens with two attached hydrogens (primary N) is 1. The van der Waals surface area contributed by atoms with E-state index in [1.165, 1.54) is 12.1 Å². The summed E-state index contributed by atoms with van der Waals surface area (Å²) in [6, 6.07) is 11.0. The van der Waals surface area contributed by atoms with Gasteiger partial charge in [-0.3, -0.25) is 4.79 Å². The normalized spacial score (nSPS) is 10.2. The number of hydrogen-bond donors (Lipinski definition) is 3. The van der Waals surface area contributed by atoms with Crippen molar-refractivity contribution < 1.29 is 9.18 Å². The summed E-state index contributed by atoms with van der Waals surface area (Å²) in [7, 11) is 0. The Morgan fingerprint density at radius 1 is 1.19 bits per heavy atom. The maximum absolute atomic E-state index is 12.9. The molecule has 21 heavy (non-hydrogen) atoms. The van der Waals surface area contributed by atoms with E-state index >= 15 is 0 Å². The Morgan fingerprint density at radius 3 is 2.52 bits per heavy atom. The molecule has 4 nitrogen and oxygen atoms in total. The maximum atomic E-state index is 12.9. The molecule has 2 aromatic rings. The molecule has 0 atom stereocenters. The van der Waals surface area contributed by atoms with Crippen LogP contribution in [0.4, 0.5) is 21.5 Å². The first kappa shape index (κ1) is 14.8. The van der Waals surface area contributed by atoms with Gasteiger partial charge in [-0.1, -0.05) is 6.92 Å². The van der Waals surface area contributed by atoms with Gasteiger partial charge >= 0.3 is 0 Å². The summed E-state index contributed by atoms with van der Waals surface area (Å²) in [5, 5.41) is 5.88. The first-order valence-corrected chi connectivity index (χ1v) is 6.80. The Balaban J connectivity index is 2.12. The van der Waals surface area contributed by atoms with Crippen LogP contribution in [0.1, 0.15) is 23.7 Å². The van der Waals surface area contributed by atoms with Crippen molar-refractivity contribution >= 4 is 23.0 Å². The standard InChI is InChI=1S/C16H18FN3O/c1-2-9-19-16(21)11-3-8-15(14(18)10-11)20-13-6-4-12(17)5-7-13/h3-8,10,20H,2,9,18H2,1H3,(H,19,21). The van der Waals surface area contributed by atoms with Crippen molar-refractivity contribution in [3.05, 3.63) is 53.8 Å². The maximum Gasteiger partial charge on any atom is 0.251 e. The first-order chi connectivity index (χ1) is 10.1. The van der Waals surface area contributed by atoms with E-state index in [2.05, 4.69) is 10.6 Å². The molecule has 0 heterocycles. The highest BCUT2D eigenvalue weighted by Gasteiger charge is 2.07. The summed E-state index contributed by atoms with van der Waals surface area (Å²) < 4.78 is 12.9. The van der Waals surface area contributed by atoms with Crippen molar-refractivity contribution in [2.45, 2.75) is 13.3 Å². The minimum absolute atomic E-state index is 0.142. The number of carbonyl (C=O) groups is 1. The number of benzene rings is 2. The molecule has 110 valence electrons. The van der Waals surface area contributed by atoms with Crippen molar-refractivity contribution in [1.82, 2.24) is 5.32 Å². The van der Waals surface area contributed by atoms with Gasteiger partial charge in [0.1, 0.15) is 5.82 Å². The second kappa shape index (κ2) is 6.74. The lowest BCUT2D eigenvalue weighted by Crippen LogP contribution is -2.24. The van der Waals surface area contributed by atoms with Gasteiger partial charge in [0.15, 0.2) is 0 Å². The number of rotatable bonds is 5. The summed E-state index contributed by atoms with van der Waals surface area (Å²) in [5.74, 6) is -0.437. The number of nitrogen functional groups attached to an aromatic ring is 1. The van der Waals surface area contributed by atoms with Crippen molar-refractivity contribution in [1.29, 1.82) is 0 Å². The molecule has 0 bridgehead atoms. The van der Waals surface area contributed by atoms with E-state index in [0.29, 0.717) is 23.5 Å². The molecule has 2 rings (SSSR count). The molecule has 0 saturated carbocycles. The van der Waals surface area contributed by atoms with Crippen molar-refractivity contribution in [3.8, 4) is 0 Å². The highest BCUT2D eigenvalue weighted by Crippen LogP contribution is 2.24. The first-order valence-electron chi connectivity index (χ1n) is 6.80. The van der Waals surface area contributed by atoms with Crippen LogP contribution in [-0.2, 0) is 0 Å². The Hall–Kier alpha value is -2.56. The second-order valence-corrected chi connectivity index (χ2v) is 4.69. The Morgan fingerprint density at radius 2 is 1.90 bits per heavy atom. The van der Waals surface area contributed by atoms with E-state index in [4.69, 9.17) is 5.73 Å². The molecule has 0 fully saturated rings. The third-order valence-electron chi connectivity index (χ3n) is 2.97. The van der Waals surface area contributed by atoms with Gasteiger partial charge in [0, 0.05) is 17.8 Å². The zero-order valence-corrected chi connectivity index (χ0v) is 11.8. The van der Waals surface area contributed by atoms with E-state index in [-0.39, 0.29) is 11.7 Å². The lowest BCUT2D eigenvalue weighted by molar-refractivity contribution is 0.0953. The Labute approximate surface area is 123 Å². The van der Waals surface area contributed by atoms with Crippen LogP contribution >= 0.6 is 0 Å². The van der Waals surface area contributed by atoms with Gasteiger partial charge in [-0.15, -0.1) is 0 Å². The van der Waals surface area contributed by atoms with Crippen LogP contribution < -0.4 is 16.4 Å². The number of halogens is 1. The van der Waals surface area contributed by atoms with Crippen LogP contribution in [0, 0.1) is 5.82 Å². The summed E-state index contributed by atoms with van der Waals surface area (Å²) in [6.07, 6.45) is 0.880. The third kappa shape index (κ3) is 3.95. The van der Waals surface area contributed by atoms with Gasteiger partial charge in [0.2, 0.25) is 0 Å². The predicted octanol–water partition coefficient (Wildman–Crippen LogP) is 3.29. The molecule has 1 amide bonds. The number of nitrogens with one attached hydrogen (secondary N) is 2. The van der Waals surface area contributed by atoms with E-state index < -0.39 is 0 Å². The van der Waals surface area contributed by atoms with Gasteiger partial charge in [0.25, 0.3) is 5.91 Å². The fourth-order valence-corrected chi connectivity index (χ4v) is 1.85. The van der Waals surface area contributed by atoms with Gasteiger partial charge in [0.05, 0.1) is 11.4 Å². The van der Waals surface area contributed by atoms with Crippen LogP contribution in [0.3, 0.4) is 0 Å². The second-order valence-electron chi connectivity index (χ2n) is 4.69. The fraction of sp³-hybridized carbons (Fsp3) is 0.188. The molecule has 5 heteroatoms. The van der Waals surface area contributed by atoms with Crippen LogP contribution in [0.25, 0.3) is 0 Å². The molecule has 2 aromatic carbocycles. The van der Waals surface area contributed by atoms with Crippen molar-refractivity contribution in [2.24, 2.45) is 0 Å². The van der Waals surface area contributed by atoms with Gasteiger partial charge in [-0.2, -0.15) is 0 Å². The molecule has 0 radical (unpaired) electrons. The van der Waals surface area contributed by atoms with Crippen LogP contribution in [0.15, 0.2) is 42.5 Å². The lowest BCUT2D eigenvalue weighted by atomic mass is 10.1. The van der Waals surface area contributed by atoms with Crippen LogP contribution in [0.2, 0.25) is 0 Å². The quantitative estimate of drug-likeness (QED) is 0.739. The molecule has 0 aliphatic rings. The topological polar surface area (TPSA) is 67.2 Å². The SMILES string of the molecule is CCCNC(=O)c1ccc(Nc2ccc(F)cc2)c(N)c1. The van der Waals surface area contributed by atoms with Gasteiger partial charge in [-0.05, 0) is 48.9 Å². The lowest BCUT2D eigenvalue weighted by Gasteiger charge is -2.11. The average molecular weight is 287 g/mol. The zero-order chi connectivity index (χ0) is 15.2. The number of anilines is 3. The van der Waals surface area contributed by atoms with Gasteiger partial charge < -0.3 is 16.4 Å². The minimum atomic E-state index is -0.295. The molecule has 0 saturated heterocycles. The smallest absolute Gasteiger partial charge is 0.251 e. The fourth-order valence-electron chi connectivity index (χ4n) is 1.85. The summed E-state index contributed by atoms with van der Waals surface area (Å²) >= 11 is 0. The van der Waals surface area contributed by atoms with Gasteiger partial charge in [-0.25, -0.2) is 4.39 Å². The number of hydrogen-bond acceptors (Lipinski definition) is 3. The molecule has 0 aromatic heterocycles. The largest absolute Gasteiger partial charge is 0.397 e. The molecule has 0 unspecified atom stereocenters. The Kier molecular flexibility index (Phi) is 4.77. The molecule has 0 spiro atoms. The van der Waals surface area contributed by atoms with Crippen molar-refractivity contribution in [2.75, 3.05) is 17.6 Å². The van der Waals surface area contributed by atoms with E-state index in [1.54, 1.807) is 30.3 Å². The van der Waals surface area contributed by atoms with Crippen LogP contribution in [-0.4, -0.2) is 12.5 Å². The van der Waals surface area contributed by atoms with E-state index in [9.17, 15) is 9.18 Å². The molecular formula is C16H18FN3O. The summed E-state index contributed by atoms with van der Waals surface area (Å²) in [4.78, 5) is 11.8. The number of amides is 1. The van der Waals surface area contributed by atoms with Crippen molar-refractivity contribution in [3.63, 3.8) is 0 Å². The van der Waals surface area contributed by atoms with Crippen LogP contribution in [0.5, 0.6) is 0 Å². The summed E-state index contributed by atoms with van der Waals surface area (Å²) in [6.45, 7) is 2.62. The zero-order valence-electron chi connectivity index (χ0n) is 11.8. The highest BCUT2D eigenvalue weighted by molar-refractivity contribution is 5.96. The monoisotopic (exact) mass is 287 g/mol.